The third-order valence-electron chi connectivity index (χ3n) is 3.47. The second-order valence-electron chi connectivity index (χ2n) is 6.63. The standard InChI is InChI=1S/C17H26N2O2.ClH/c1-17(2,3)21-16(20)15(19-14-9-10-18-12-14)11-13-7-5-4-6-8-13;/h4-8,14-15,18-19H,9-12H2,1-3H3;1H. The number of halogens is 1. The number of hydrogen-bond donors (Lipinski definition) is 2. The van der Waals surface area contributed by atoms with Gasteiger partial charge in [-0.25, -0.2) is 0 Å². The third kappa shape index (κ3) is 6.34. The number of esters is 1. The Balaban J connectivity index is 0.00000242. The van der Waals surface area contributed by atoms with Gasteiger partial charge in [-0.05, 0) is 45.7 Å². The van der Waals surface area contributed by atoms with Gasteiger partial charge in [0.25, 0.3) is 0 Å². The molecule has 0 radical (unpaired) electrons. The molecule has 1 fully saturated rings. The summed E-state index contributed by atoms with van der Waals surface area (Å²) < 4.78 is 5.56. The Labute approximate surface area is 139 Å². The van der Waals surface area contributed by atoms with Crippen LogP contribution in [0.5, 0.6) is 0 Å². The molecule has 4 nitrogen and oxygen atoms in total. The van der Waals surface area contributed by atoms with Crippen molar-refractivity contribution in [1.29, 1.82) is 0 Å². The zero-order valence-electron chi connectivity index (χ0n) is 13.6. The first-order valence-electron chi connectivity index (χ1n) is 7.67. The van der Waals surface area contributed by atoms with Crippen LogP contribution in [0.1, 0.15) is 32.8 Å². The van der Waals surface area contributed by atoms with Crippen LogP contribution in [0.15, 0.2) is 30.3 Å². The van der Waals surface area contributed by atoms with Gasteiger partial charge in [0, 0.05) is 12.6 Å². The van der Waals surface area contributed by atoms with E-state index in [2.05, 4.69) is 10.6 Å². The van der Waals surface area contributed by atoms with Crippen molar-refractivity contribution in [3.05, 3.63) is 35.9 Å². The molecule has 2 atom stereocenters. The maximum atomic E-state index is 12.4. The summed E-state index contributed by atoms with van der Waals surface area (Å²) in [4.78, 5) is 12.4. The van der Waals surface area contributed by atoms with Gasteiger partial charge < -0.3 is 15.4 Å². The Bertz CT molecular complexity index is 453. The van der Waals surface area contributed by atoms with Crippen LogP contribution in [0.4, 0.5) is 0 Å². The molecule has 1 aromatic rings. The van der Waals surface area contributed by atoms with E-state index in [0.717, 1.165) is 25.1 Å². The average Bonchev–Trinajstić information content (AvgIpc) is 2.90. The average molecular weight is 327 g/mol. The molecule has 1 heterocycles. The molecule has 1 aromatic carbocycles. The van der Waals surface area contributed by atoms with E-state index < -0.39 is 5.60 Å². The van der Waals surface area contributed by atoms with E-state index in [9.17, 15) is 4.79 Å². The lowest BCUT2D eigenvalue weighted by Gasteiger charge is -2.26. The number of carbonyl (C=O) groups is 1. The zero-order chi connectivity index (χ0) is 15.3. The highest BCUT2D eigenvalue weighted by molar-refractivity contribution is 5.85. The number of carbonyl (C=O) groups excluding carboxylic acids is 1. The third-order valence-corrected chi connectivity index (χ3v) is 3.47. The smallest absolute Gasteiger partial charge is 0.324 e. The Kier molecular flexibility index (Phi) is 7.33. The Morgan fingerprint density at radius 3 is 2.59 bits per heavy atom. The van der Waals surface area contributed by atoms with Crippen LogP contribution in [0.2, 0.25) is 0 Å². The second kappa shape index (κ2) is 8.51. The molecular formula is C17H27ClN2O2. The summed E-state index contributed by atoms with van der Waals surface area (Å²) in [6.45, 7) is 7.63. The minimum Gasteiger partial charge on any atom is -0.459 e. The summed E-state index contributed by atoms with van der Waals surface area (Å²) >= 11 is 0. The van der Waals surface area contributed by atoms with Crippen molar-refractivity contribution in [3.8, 4) is 0 Å². The lowest BCUT2D eigenvalue weighted by atomic mass is 10.0. The predicted octanol–water partition coefficient (Wildman–Crippen LogP) is 2.31. The molecule has 1 saturated heterocycles. The molecular weight excluding hydrogens is 300 g/mol. The predicted molar refractivity (Wildman–Crippen MR) is 91.4 cm³/mol. The molecule has 2 unspecified atom stereocenters. The van der Waals surface area contributed by atoms with Gasteiger partial charge in [-0.2, -0.15) is 0 Å². The Morgan fingerprint density at radius 1 is 1.36 bits per heavy atom. The van der Waals surface area contributed by atoms with E-state index >= 15 is 0 Å². The van der Waals surface area contributed by atoms with Gasteiger partial charge in [-0.15, -0.1) is 12.4 Å². The van der Waals surface area contributed by atoms with E-state index in [1.165, 1.54) is 0 Å². The highest BCUT2D eigenvalue weighted by atomic mass is 35.5. The summed E-state index contributed by atoms with van der Waals surface area (Å²) in [6, 6.07) is 10.1. The molecule has 0 amide bonds. The quantitative estimate of drug-likeness (QED) is 0.815. The first kappa shape index (κ1) is 18.9. The van der Waals surface area contributed by atoms with Crippen LogP contribution < -0.4 is 10.6 Å². The normalized spacial score (nSPS) is 19.3. The van der Waals surface area contributed by atoms with Crippen LogP contribution in [0.3, 0.4) is 0 Å². The number of nitrogens with one attached hydrogen (secondary N) is 2. The van der Waals surface area contributed by atoms with Crippen LogP contribution in [0.25, 0.3) is 0 Å². The van der Waals surface area contributed by atoms with Crippen molar-refractivity contribution in [3.63, 3.8) is 0 Å². The maximum Gasteiger partial charge on any atom is 0.324 e. The number of rotatable bonds is 5. The number of hydrogen-bond acceptors (Lipinski definition) is 4. The monoisotopic (exact) mass is 326 g/mol. The summed E-state index contributed by atoms with van der Waals surface area (Å²) in [7, 11) is 0. The minimum atomic E-state index is -0.457. The van der Waals surface area contributed by atoms with Crippen molar-refractivity contribution < 1.29 is 9.53 Å². The molecule has 22 heavy (non-hydrogen) atoms. The first-order chi connectivity index (χ1) is 9.94. The molecule has 0 bridgehead atoms. The fraction of sp³-hybridized carbons (Fsp3) is 0.588. The first-order valence-corrected chi connectivity index (χ1v) is 7.67. The van der Waals surface area contributed by atoms with Gasteiger partial charge in [0.2, 0.25) is 0 Å². The number of ether oxygens (including phenoxy) is 1. The second-order valence-corrected chi connectivity index (χ2v) is 6.63. The van der Waals surface area contributed by atoms with Gasteiger partial charge in [-0.1, -0.05) is 30.3 Å². The van der Waals surface area contributed by atoms with Gasteiger partial charge in [0.15, 0.2) is 0 Å². The highest BCUT2D eigenvalue weighted by Crippen LogP contribution is 2.13. The van der Waals surface area contributed by atoms with Crippen LogP contribution in [-0.2, 0) is 16.0 Å². The lowest BCUT2D eigenvalue weighted by Crippen LogP contribution is -2.48. The van der Waals surface area contributed by atoms with Crippen molar-refractivity contribution in [2.24, 2.45) is 0 Å². The molecule has 2 N–H and O–H groups in total. The van der Waals surface area contributed by atoms with Crippen LogP contribution >= 0.6 is 12.4 Å². The summed E-state index contributed by atoms with van der Waals surface area (Å²) in [5, 5.41) is 6.76. The van der Waals surface area contributed by atoms with Gasteiger partial charge >= 0.3 is 5.97 Å². The van der Waals surface area contributed by atoms with Crippen molar-refractivity contribution in [1.82, 2.24) is 10.6 Å². The molecule has 0 saturated carbocycles. The van der Waals surface area contributed by atoms with Crippen molar-refractivity contribution in [2.75, 3.05) is 13.1 Å². The molecule has 1 aliphatic heterocycles. The summed E-state index contributed by atoms with van der Waals surface area (Å²) in [5.41, 5.74) is 0.688. The van der Waals surface area contributed by atoms with Gasteiger partial charge in [0.05, 0.1) is 0 Å². The van der Waals surface area contributed by atoms with E-state index in [4.69, 9.17) is 4.74 Å². The highest BCUT2D eigenvalue weighted by Gasteiger charge is 2.28. The fourth-order valence-corrected chi connectivity index (χ4v) is 2.51. The number of benzene rings is 1. The van der Waals surface area contributed by atoms with Crippen LogP contribution in [0, 0.1) is 0 Å². The molecule has 0 aliphatic carbocycles. The minimum absolute atomic E-state index is 0. The van der Waals surface area contributed by atoms with E-state index in [1.807, 2.05) is 51.1 Å². The Morgan fingerprint density at radius 2 is 2.05 bits per heavy atom. The topological polar surface area (TPSA) is 50.4 Å². The maximum absolute atomic E-state index is 12.4. The molecule has 124 valence electrons. The molecule has 0 aromatic heterocycles. The SMILES string of the molecule is CC(C)(C)OC(=O)C(Cc1ccccc1)NC1CCNC1.Cl. The van der Waals surface area contributed by atoms with Crippen LogP contribution in [-0.4, -0.2) is 36.7 Å². The molecule has 1 aliphatic rings. The zero-order valence-corrected chi connectivity index (χ0v) is 14.4. The molecule has 0 spiro atoms. The largest absolute Gasteiger partial charge is 0.459 e. The van der Waals surface area contributed by atoms with E-state index in [0.29, 0.717) is 12.5 Å². The van der Waals surface area contributed by atoms with E-state index in [1.54, 1.807) is 0 Å². The molecule has 5 heteroatoms. The van der Waals surface area contributed by atoms with Crippen molar-refractivity contribution in [2.45, 2.75) is 51.3 Å². The van der Waals surface area contributed by atoms with Gasteiger partial charge in [0.1, 0.15) is 11.6 Å². The van der Waals surface area contributed by atoms with E-state index in [-0.39, 0.29) is 24.4 Å². The molecule has 2 rings (SSSR count). The lowest BCUT2D eigenvalue weighted by molar-refractivity contribution is -0.157. The fourth-order valence-electron chi connectivity index (χ4n) is 2.51. The van der Waals surface area contributed by atoms with Crippen molar-refractivity contribution >= 4 is 18.4 Å². The Hall–Kier alpha value is -1.10. The summed E-state index contributed by atoms with van der Waals surface area (Å²) in [6.07, 6.45) is 1.71. The van der Waals surface area contributed by atoms with Gasteiger partial charge in [-0.3, -0.25) is 4.79 Å². The summed E-state index contributed by atoms with van der Waals surface area (Å²) in [5.74, 6) is -0.168.